The Hall–Kier alpha value is -2.19. The number of anilines is 2. The smallest absolute Gasteiger partial charge is 0.196 e. The first-order chi connectivity index (χ1) is 9.02. The van der Waals surface area contributed by atoms with Crippen LogP contribution in [-0.4, -0.2) is 0 Å². The fourth-order valence-electron chi connectivity index (χ4n) is 1.45. The van der Waals surface area contributed by atoms with E-state index in [9.17, 15) is 13.2 Å². The summed E-state index contributed by atoms with van der Waals surface area (Å²) in [5.74, 6) is -4.16. The molecule has 0 radical (unpaired) electrons. The molecule has 0 amide bonds. The maximum absolute atomic E-state index is 13.5. The van der Waals surface area contributed by atoms with Crippen LogP contribution in [0.15, 0.2) is 30.3 Å². The first-order valence-electron chi connectivity index (χ1n) is 5.13. The summed E-state index contributed by atoms with van der Waals surface area (Å²) in [6.07, 6.45) is 0. The molecule has 2 nitrogen and oxygen atoms in total. The molecule has 96 valence electrons. The van der Waals surface area contributed by atoms with Gasteiger partial charge in [0.2, 0.25) is 0 Å². The standard InChI is InChI=1S/C13H6ClF3N2/c14-8-5-7(6-18)1-3-10(8)19-11-4-2-9(15)12(16)13(11)17/h1-5,19H. The molecule has 0 bridgehead atoms. The van der Waals surface area contributed by atoms with Crippen molar-refractivity contribution < 1.29 is 13.2 Å². The van der Waals surface area contributed by atoms with Gasteiger partial charge >= 0.3 is 0 Å². The van der Waals surface area contributed by atoms with E-state index in [1.165, 1.54) is 18.2 Å². The fraction of sp³-hybridized carbons (Fsp3) is 0. The molecule has 0 saturated heterocycles. The second kappa shape index (κ2) is 5.21. The molecule has 0 heterocycles. The Morgan fingerprint density at radius 2 is 1.68 bits per heavy atom. The van der Waals surface area contributed by atoms with Crippen molar-refractivity contribution in [2.75, 3.05) is 5.32 Å². The molecule has 2 rings (SSSR count). The van der Waals surface area contributed by atoms with Crippen LogP contribution < -0.4 is 5.32 Å². The number of halogens is 4. The summed E-state index contributed by atoms with van der Waals surface area (Å²) < 4.78 is 39.3. The van der Waals surface area contributed by atoms with Gasteiger partial charge in [0.25, 0.3) is 0 Å². The largest absolute Gasteiger partial charge is 0.352 e. The number of hydrogen-bond acceptors (Lipinski definition) is 2. The number of hydrogen-bond donors (Lipinski definition) is 1. The van der Waals surface area contributed by atoms with E-state index in [1.54, 1.807) is 0 Å². The molecule has 0 saturated carbocycles. The highest BCUT2D eigenvalue weighted by atomic mass is 35.5. The zero-order chi connectivity index (χ0) is 14.0. The Bertz CT molecular complexity index is 680. The second-order valence-corrected chi connectivity index (χ2v) is 4.06. The van der Waals surface area contributed by atoms with E-state index in [0.717, 1.165) is 12.1 Å². The van der Waals surface area contributed by atoms with Gasteiger partial charge < -0.3 is 5.32 Å². The predicted octanol–water partition coefficient (Wildman–Crippen LogP) is 4.37. The van der Waals surface area contributed by atoms with Crippen LogP contribution >= 0.6 is 11.6 Å². The van der Waals surface area contributed by atoms with Crippen LogP contribution in [-0.2, 0) is 0 Å². The monoisotopic (exact) mass is 282 g/mol. The lowest BCUT2D eigenvalue weighted by atomic mass is 10.2. The van der Waals surface area contributed by atoms with E-state index in [2.05, 4.69) is 5.32 Å². The Balaban J connectivity index is 2.37. The lowest BCUT2D eigenvalue weighted by Gasteiger charge is -2.10. The lowest BCUT2D eigenvalue weighted by molar-refractivity contribution is 0.449. The van der Waals surface area contributed by atoms with Gasteiger partial charge in [0.1, 0.15) is 0 Å². The molecule has 0 aromatic heterocycles. The van der Waals surface area contributed by atoms with Gasteiger partial charge in [-0.3, -0.25) is 0 Å². The Morgan fingerprint density at radius 3 is 2.32 bits per heavy atom. The van der Waals surface area contributed by atoms with Crippen molar-refractivity contribution in [2.24, 2.45) is 0 Å². The fourth-order valence-corrected chi connectivity index (χ4v) is 1.68. The summed E-state index contributed by atoms with van der Waals surface area (Å²) in [4.78, 5) is 0. The minimum Gasteiger partial charge on any atom is -0.352 e. The van der Waals surface area contributed by atoms with E-state index in [-0.39, 0.29) is 16.4 Å². The van der Waals surface area contributed by atoms with Crippen LogP contribution in [0.2, 0.25) is 5.02 Å². The molecule has 19 heavy (non-hydrogen) atoms. The van der Waals surface area contributed by atoms with Gasteiger partial charge in [-0.1, -0.05) is 11.6 Å². The first kappa shape index (κ1) is 13.2. The summed E-state index contributed by atoms with van der Waals surface area (Å²) in [6, 6.07) is 8.04. The lowest BCUT2D eigenvalue weighted by Crippen LogP contribution is -1.99. The molecule has 2 aromatic carbocycles. The van der Waals surface area contributed by atoms with Crippen LogP contribution in [0.25, 0.3) is 0 Å². The van der Waals surface area contributed by atoms with Crippen molar-refractivity contribution in [2.45, 2.75) is 0 Å². The zero-order valence-electron chi connectivity index (χ0n) is 9.35. The average Bonchev–Trinajstić information content (AvgIpc) is 2.41. The van der Waals surface area contributed by atoms with E-state index in [1.807, 2.05) is 6.07 Å². The number of rotatable bonds is 2. The van der Waals surface area contributed by atoms with Crippen molar-refractivity contribution in [3.05, 3.63) is 58.4 Å². The number of nitrogens with one attached hydrogen (secondary N) is 1. The van der Waals surface area contributed by atoms with Gasteiger partial charge in [-0.25, -0.2) is 13.2 Å². The molecule has 6 heteroatoms. The normalized spacial score (nSPS) is 10.1. The third-order valence-electron chi connectivity index (χ3n) is 2.40. The third-order valence-corrected chi connectivity index (χ3v) is 2.72. The van der Waals surface area contributed by atoms with Gasteiger partial charge in [0.05, 0.1) is 28.0 Å². The van der Waals surface area contributed by atoms with E-state index >= 15 is 0 Å². The van der Waals surface area contributed by atoms with Gasteiger partial charge in [-0.2, -0.15) is 5.26 Å². The van der Waals surface area contributed by atoms with E-state index < -0.39 is 17.5 Å². The average molecular weight is 283 g/mol. The Morgan fingerprint density at radius 1 is 1.00 bits per heavy atom. The summed E-state index contributed by atoms with van der Waals surface area (Å²) >= 11 is 5.88. The SMILES string of the molecule is N#Cc1ccc(Nc2ccc(F)c(F)c2F)c(Cl)c1. The van der Waals surface area contributed by atoms with Crippen molar-refractivity contribution in [1.29, 1.82) is 5.26 Å². The maximum atomic E-state index is 13.5. The van der Waals surface area contributed by atoms with Gasteiger partial charge in [0, 0.05) is 0 Å². The van der Waals surface area contributed by atoms with Crippen LogP contribution in [0.5, 0.6) is 0 Å². The zero-order valence-corrected chi connectivity index (χ0v) is 10.1. The molecule has 0 aliphatic rings. The quantitative estimate of drug-likeness (QED) is 0.830. The Kier molecular flexibility index (Phi) is 3.63. The number of nitriles is 1. The van der Waals surface area contributed by atoms with Crippen LogP contribution in [0.3, 0.4) is 0 Å². The molecule has 0 unspecified atom stereocenters. The summed E-state index contributed by atoms with van der Waals surface area (Å²) in [5, 5.41) is 11.4. The third kappa shape index (κ3) is 2.64. The van der Waals surface area contributed by atoms with E-state index in [4.69, 9.17) is 16.9 Å². The highest BCUT2D eigenvalue weighted by Gasteiger charge is 2.14. The molecule has 0 aliphatic carbocycles. The van der Waals surface area contributed by atoms with Crippen LogP contribution in [0.4, 0.5) is 24.5 Å². The van der Waals surface area contributed by atoms with Crippen molar-refractivity contribution in [1.82, 2.24) is 0 Å². The molecular weight excluding hydrogens is 277 g/mol. The van der Waals surface area contributed by atoms with E-state index in [0.29, 0.717) is 5.56 Å². The second-order valence-electron chi connectivity index (χ2n) is 3.65. The van der Waals surface area contributed by atoms with Crippen molar-refractivity contribution in [3.63, 3.8) is 0 Å². The van der Waals surface area contributed by atoms with Crippen molar-refractivity contribution >= 4 is 23.0 Å². The minimum absolute atomic E-state index is 0.170. The molecule has 1 N–H and O–H groups in total. The predicted molar refractivity (Wildman–Crippen MR) is 65.8 cm³/mol. The van der Waals surface area contributed by atoms with Crippen LogP contribution in [0.1, 0.15) is 5.56 Å². The van der Waals surface area contributed by atoms with Gasteiger partial charge in [-0.05, 0) is 30.3 Å². The number of nitrogens with zero attached hydrogens (tertiary/aromatic N) is 1. The molecule has 0 spiro atoms. The molecule has 0 aliphatic heterocycles. The maximum Gasteiger partial charge on any atom is 0.196 e. The first-order valence-corrected chi connectivity index (χ1v) is 5.51. The topological polar surface area (TPSA) is 35.8 Å². The highest BCUT2D eigenvalue weighted by molar-refractivity contribution is 6.33. The molecular formula is C13H6ClF3N2. The molecule has 0 atom stereocenters. The van der Waals surface area contributed by atoms with Gasteiger partial charge in [0.15, 0.2) is 17.5 Å². The minimum atomic E-state index is -1.56. The van der Waals surface area contributed by atoms with Crippen LogP contribution in [0, 0.1) is 28.8 Å². The summed E-state index contributed by atoms with van der Waals surface area (Å²) in [6.45, 7) is 0. The Labute approximate surface area is 112 Å². The number of benzene rings is 2. The summed E-state index contributed by atoms with van der Waals surface area (Å²) in [5.41, 5.74) is 0.373. The van der Waals surface area contributed by atoms with Crippen molar-refractivity contribution in [3.8, 4) is 6.07 Å². The molecule has 2 aromatic rings. The summed E-state index contributed by atoms with van der Waals surface area (Å²) in [7, 11) is 0. The van der Waals surface area contributed by atoms with Gasteiger partial charge in [-0.15, -0.1) is 0 Å². The highest BCUT2D eigenvalue weighted by Crippen LogP contribution is 2.28. The molecule has 0 fully saturated rings.